The molecule has 3 aromatic heterocycles. The molecule has 1 aromatic carbocycles. The number of aliphatic hydroxyl groups excluding tert-OH is 1. The number of nitrogens with zero attached hydrogens (tertiary/aromatic N) is 4. The van der Waals surface area contributed by atoms with Crippen molar-refractivity contribution >= 4 is 34.0 Å². The van der Waals surface area contributed by atoms with Gasteiger partial charge in [-0.3, -0.25) is 20.1 Å². The minimum absolute atomic E-state index is 0.153. The Labute approximate surface area is 208 Å². The van der Waals surface area contributed by atoms with Crippen molar-refractivity contribution in [3.63, 3.8) is 0 Å². The Morgan fingerprint density at radius 3 is 2.69 bits per heavy atom. The Morgan fingerprint density at radius 2 is 1.94 bits per heavy atom. The van der Waals surface area contributed by atoms with Crippen molar-refractivity contribution in [2.45, 2.75) is 26.5 Å². The lowest BCUT2D eigenvalue weighted by molar-refractivity contribution is 0.0867. The van der Waals surface area contributed by atoms with Gasteiger partial charge in [-0.25, -0.2) is 4.39 Å². The number of para-hydroxylation sites is 1. The lowest BCUT2D eigenvalue weighted by Crippen LogP contribution is -2.14. The van der Waals surface area contributed by atoms with Crippen molar-refractivity contribution in [1.82, 2.24) is 20.2 Å². The van der Waals surface area contributed by atoms with E-state index in [9.17, 15) is 14.3 Å². The van der Waals surface area contributed by atoms with E-state index in [1.165, 1.54) is 19.3 Å². The highest BCUT2D eigenvalue weighted by molar-refractivity contribution is 7.17. The third kappa shape index (κ3) is 6.27. The molecule has 12 heteroatoms. The Hall–Kier alpha value is -3.67. The number of nitrogens with one attached hydrogen (secondary N) is 1. The molecule has 0 saturated carbocycles. The average molecular weight is 516 g/mol. The maximum atomic E-state index is 13.6. The number of ether oxygens (including phenoxy) is 2. The summed E-state index contributed by atoms with van der Waals surface area (Å²) in [5.74, 6) is -0.281. The van der Waals surface area contributed by atoms with E-state index in [1.54, 1.807) is 42.5 Å². The van der Waals surface area contributed by atoms with Crippen LogP contribution < -0.4 is 14.8 Å². The fourth-order valence-electron chi connectivity index (χ4n) is 3.07. The van der Waals surface area contributed by atoms with Crippen LogP contribution in [0.1, 0.15) is 28.7 Å². The quantitative estimate of drug-likeness (QED) is 0.330. The lowest BCUT2D eigenvalue weighted by Gasteiger charge is -2.15. The van der Waals surface area contributed by atoms with Gasteiger partial charge in [0.25, 0.3) is 11.1 Å². The number of carbonyl (C=O) groups is 1. The van der Waals surface area contributed by atoms with Crippen LogP contribution in [-0.4, -0.2) is 37.5 Å². The molecule has 2 N–H and O–H groups in total. The highest BCUT2D eigenvalue weighted by Gasteiger charge is 2.20. The summed E-state index contributed by atoms with van der Waals surface area (Å²) in [6.07, 6.45) is 1.28. The molecule has 0 aliphatic carbocycles. The molecular formula is C23H19ClFN5O4S. The molecule has 35 heavy (non-hydrogen) atoms. The van der Waals surface area contributed by atoms with Gasteiger partial charge < -0.3 is 14.6 Å². The van der Waals surface area contributed by atoms with Crippen LogP contribution in [0.15, 0.2) is 54.9 Å². The number of anilines is 1. The van der Waals surface area contributed by atoms with Gasteiger partial charge in [0.05, 0.1) is 28.6 Å². The molecule has 0 aliphatic heterocycles. The maximum absolute atomic E-state index is 13.6. The standard InChI is InChI=1S/C23H19ClFN5O4S/c1-13(25)34-20-5-3-2-4-17(20)18-8-16(11-31)27-10-19(18)21(32)28-22-29-30-23(35-22)33-12-15-7-6-14(24)9-26-15/h2-10,13,31H,11-12H2,1H3,(H,28,29,32). The van der Waals surface area contributed by atoms with Crippen LogP contribution in [0.4, 0.5) is 9.52 Å². The van der Waals surface area contributed by atoms with Crippen molar-refractivity contribution in [1.29, 1.82) is 0 Å². The van der Waals surface area contributed by atoms with Gasteiger partial charge in [-0.2, -0.15) is 0 Å². The normalized spacial score (nSPS) is 11.7. The topological polar surface area (TPSA) is 119 Å². The zero-order valence-corrected chi connectivity index (χ0v) is 19.9. The van der Waals surface area contributed by atoms with E-state index in [1.807, 2.05) is 0 Å². The molecule has 3 heterocycles. The number of hydrogen-bond donors (Lipinski definition) is 2. The summed E-state index contributed by atoms with van der Waals surface area (Å²) in [4.78, 5) is 21.4. The van der Waals surface area contributed by atoms with E-state index < -0.39 is 12.3 Å². The second-order valence-corrected chi connectivity index (χ2v) is 8.50. The molecule has 0 fully saturated rings. The van der Waals surface area contributed by atoms with E-state index in [0.717, 1.165) is 11.3 Å². The Morgan fingerprint density at radius 1 is 1.14 bits per heavy atom. The van der Waals surface area contributed by atoms with E-state index in [4.69, 9.17) is 21.1 Å². The minimum atomic E-state index is -1.56. The van der Waals surface area contributed by atoms with Gasteiger partial charge in [-0.15, -0.1) is 5.10 Å². The monoisotopic (exact) mass is 515 g/mol. The number of halogens is 2. The lowest BCUT2D eigenvalue weighted by atomic mass is 9.99. The highest BCUT2D eigenvalue weighted by Crippen LogP contribution is 2.34. The molecule has 1 unspecified atom stereocenters. The van der Waals surface area contributed by atoms with Gasteiger partial charge in [-0.05, 0) is 35.6 Å². The Bertz CT molecular complexity index is 1320. The summed E-state index contributed by atoms with van der Waals surface area (Å²) in [6.45, 7) is 1.07. The van der Waals surface area contributed by atoms with Crippen LogP contribution in [0.5, 0.6) is 10.9 Å². The predicted molar refractivity (Wildman–Crippen MR) is 128 cm³/mol. The van der Waals surface area contributed by atoms with Gasteiger partial charge in [-0.1, -0.05) is 34.9 Å². The number of pyridine rings is 2. The van der Waals surface area contributed by atoms with Crippen LogP contribution in [0, 0.1) is 0 Å². The van der Waals surface area contributed by atoms with Crippen molar-refractivity contribution in [3.05, 3.63) is 76.8 Å². The first kappa shape index (κ1) is 24.5. The summed E-state index contributed by atoms with van der Waals surface area (Å²) >= 11 is 6.86. The average Bonchev–Trinajstić information content (AvgIpc) is 3.30. The maximum Gasteiger partial charge on any atom is 0.296 e. The van der Waals surface area contributed by atoms with Gasteiger partial charge in [0.15, 0.2) is 0 Å². The largest absolute Gasteiger partial charge is 0.462 e. The van der Waals surface area contributed by atoms with Gasteiger partial charge >= 0.3 is 0 Å². The summed E-state index contributed by atoms with van der Waals surface area (Å²) < 4.78 is 24.4. The predicted octanol–water partition coefficient (Wildman–Crippen LogP) is 4.67. The van der Waals surface area contributed by atoms with E-state index in [-0.39, 0.29) is 34.9 Å². The van der Waals surface area contributed by atoms with E-state index in [2.05, 4.69) is 25.5 Å². The number of carbonyl (C=O) groups excluding carboxylic acids is 1. The molecule has 1 amide bonds. The van der Waals surface area contributed by atoms with E-state index >= 15 is 0 Å². The number of aromatic nitrogens is 4. The number of aliphatic hydroxyl groups is 1. The van der Waals surface area contributed by atoms with Crippen LogP contribution in [-0.2, 0) is 13.2 Å². The zero-order valence-electron chi connectivity index (χ0n) is 18.3. The summed E-state index contributed by atoms with van der Waals surface area (Å²) in [5, 5.41) is 21.0. The molecule has 180 valence electrons. The third-order valence-corrected chi connectivity index (χ3v) is 5.57. The van der Waals surface area contributed by atoms with Crippen LogP contribution in [0.25, 0.3) is 11.1 Å². The minimum Gasteiger partial charge on any atom is -0.462 e. The molecular weight excluding hydrogens is 497 g/mol. The Kier molecular flexibility index (Phi) is 7.80. The number of benzene rings is 1. The van der Waals surface area contributed by atoms with Crippen LogP contribution in [0.2, 0.25) is 5.02 Å². The smallest absolute Gasteiger partial charge is 0.296 e. The molecule has 0 aliphatic rings. The third-order valence-electron chi connectivity index (χ3n) is 4.59. The second kappa shape index (κ2) is 11.2. The molecule has 9 nitrogen and oxygen atoms in total. The first-order valence-corrected chi connectivity index (χ1v) is 11.5. The van der Waals surface area contributed by atoms with Gasteiger partial charge in [0, 0.05) is 30.4 Å². The summed E-state index contributed by atoms with van der Waals surface area (Å²) in [5.41, 5.74) is 2.04. The molecule has 0 spiro atoms. The fourth-order valence-corrected chi connectivity index (χ4v) is 3.77. The molecule has 0 bridgehead atoms. The highest BCUT2D eigenvalue weighted by atomic mass is 35.5. The van der Waals surface area contributed by atoms with Crippen molar-refractivity contribution in [3.8, 4) is 22.1 Å². The number of rotatable bonds is 9. The van der Waals surface area contributed by atoms with Crippen molar-refractivity contribution in [2.75, 3.05) is 5.32 Å². The first-order valence-electron chi connectivity index (χ1n) is 10.3. The second-order valence-electron chi connectivity index (χ2n) is 7.12. The number of hydrogen-bond acceptors (Lipinski definition) is 9. The van der Waals surface area contributed by atoms with Crippen molar-refractivity contribution < 1.29 is 23.8 Å². The molecule has 0 radical (unpaired) electrons. The first-order chi connectivity index (χ1) is 16.9. The zero-order chi connectivity index (χ0) is 24.8. The fraction of sp³-hybridized carbons (Fsp3) is 0.174. The number of alkyl halides is 1. The molecule has 4 rings (SSSR count). The van der Waals surface area contributed by atoms with Crippen LogP contribution in [0.3, 0.4) is 0 Å². The summed E-state index contributed by atoms with van der Waals surface area (Å²) in [7, 11) is 0. The number of amides is 1. The van der Waals surface area contributed by atoms with Crippen molar-refractivity contribution in [2.24, 2.45) is 0 Å². The van der Waals surface area contributed by atoms with Gasteiger partial charge in [0.1, 0.15) is 12.4 Å². The Balaban J connectivity index is 1.54. The van der Waals surface area contributed by atoms with Gasteiger partial charge in [0.2, 0.25) is 11.5 Å². The SMILES string of the molecule is CC(F)Oc1ccccc1-c1cc(CO)ncc1C(=O)Nc1nnc(OCc2ccc(Cl)cn2)s1. The van der Waals surface area contributed by atoms with Crippen LogP contribution >= 0.6 is 22.9 Å². The summed E-state index contributed by atoms with van der Waals surface area (Å²) in [6, 6.07) is 11.7. The van der Waals surface area contributed by atoms with E-state index in [0.29, 0.717) is 27.5 Å². The molecule has 1 atom stereocenters. The molecule has 4 aromatic rings. The molecule has 0 saturated heterocycles.